The van der Waals surface area contributed by atoms with Gasteiger partial charge in [0.25, 0.3) is 5.91 Å². The zero-order valence-electron chi connectivity index (χ0n) is 16.2. The first kappa shape index (κ1) is 19.1. The summed E-state index contributed by atoms with van der Waals surface area (Å²) >= 11 is 0. The first-order chi connectivity index (χ1) is 14.5. The fraction of sp³-hybridized carbons (Fsp3) is 0.0417. The summed E-state index contributed by atoms with van der Waals surface area (Å²) in [4.78, 5) is 30.6. The standard InChI is InChI=1S/C24H19N3O3/c1-16(28)25-19-11-13-20(14-12-19)27-23(17-7-3-2-4-8-17)26-21(24(27)30)15-18-9-5-6-10-22(18)29/h2-15,29H,1H3,(H,25,28). The number of benzene rings is 3. The highest BCUT2D eigenvalue weighted by atomic mass is 16.3. The second kappa shape index (κ2) is 8.05. The molecule has 0 aromatic heterocycles. The summed E-state index contributed by atoms with van der Waals surface area (Å²) < 4.78 is 0. The number of carbonyl (C=O) groups excluding carboxylic acids is 2. The number of amidine groups is 1. The molecule has 0 spiro atoms. The van der Waals surface area contributed by atoms with Gasteiger partial charge in [0.05, 0.1) is 5.69 Å². The number of amides is 2. The number of carbonyl (C=O) groups is 2. The first-order valence-electron chi connectivity index (χ1n) is 9.39. The van der Waals surface area contributed by atoms with Crippen molar-refractivity contribution < 1.29 is 14.7 Å². The lowest BCUT2D eigenvalue weighted by Gasteiger charge is -2.19. The second-order valence-corrected chi connectivity index (χ2v) is 6.76. The van der Waals surface area contributed by atoms with Crippen molar-refractivity contribution in [1.82, 2.24) is 0 Å². The molecule has 1 heterocycles. The van der Waals surface area contributed by atoms with Crippen LogP contribution in [0.5, 0.6) is 5.75 Å². The van der Waals surface area contributed by atoms with E-state index in [-0.39, 0.29) is 23.3 Å². The lowest BCUT2D eigenvalue weighted by atomic mass is 10.1. The Bertz CT molecular complexity index is 1170. The van der Waals surface area contributed by atoms with Crippen LogP contribution in [0.1, 0.15) is 18.1 Å². The first-order valence-corrected chi connectivity index (χ1v) is 9.39. The molecule has 0 saturated heterocycles. The van der Waals surface area contributed by atoms with Gasteiger partial charge in [-0.2, -0.15) is 0 Å². The average molecular weight is 397 g/mol. The molecule has 0 unspecified atom stereocenters. The Morgan fingerprint density at radius 2 is 1.63 bits per heavy atom. The van der Waals surface area contributed by atoms with Gasteiger partial charge >= 0.3 is 0 Å². The van der Waals surface area contributed by atoms with E-state index in [2.05, 4.69) is 10.3 Å². The number of anilines is 2. The van der Waals surface area contributed by atoms with Crippen LogP contribution in [-0.2, 0) is 9.59 Å². The van der Waals surface area contributed by atoms with Gasteiger partial charge in [-0.1, -0.05) is 48.5 Å². The van der Waals surface area contributed by atoms with Crippen molar-refractivity contribution in [3.05, 3.63) is 95.7 Å². The molecule has 0 atom stereocenters. The van der Waals surface area contributed by atoms with Crippen LogP contribution < -0.4 is 10.2 Å². The SMILES string of the molecule is CC(=O)Nc1ccc(N2C(=O)C(=Cc3ccccc3O)N=C2c2ccccc2)cc1. The van der Waals surface area contributed by atoms with Crippen molar-refractivity contribution in [3.8, 4) is 5.75 Å². The van der Waals surface area contributed by atoms with Crippen molar-refractivity contribution in [2.24, 2.45) is 4.99 Å². The van der Waals surface area contributed by atoms with Crippen LogP contribution in [0.4, 0.5) is 11.4 Å². The Morgan fingerprint density at radius 3 is 2.30 bits per heavy atom. The van der Waals surface area contributed by atoms with Gasteiger partial charge in [-0.15, -0.1) is 0 Å². The Labute approximate surface area is 173 Å². The van der Waals surface area contributed by atoms with Gasteiger partial charge in [0, 0.05) is 23.7 Å². The van der Waals surface area contributed by atoms with Crippen LogP contribution >= 0.6 is 0 Å². The van der Waals surface area contributed by atoms with E-state index in [1.165, 1.54) is 11.8 Å². The van der Waals surface area contributed by atoms with Gasteiger partial charge < -0.3 is 10.4 Å². The van der Waals surface area contributed by atoms with E-state index in [0.717, 1.165) is 5.56 Å². The lowest BCUT2D eigenvalue weighted by Crippen LogP contribution is -2.32. The fourth-order valence-electron chi connectivity index (χ4n) is 3.19. The molecule has 3 aromatic rings. The van der Waals surface area contributed by atoms with Crippen LogP contribution in [0, 0.1) is 0 Å². The average Bonchev–Trinajstić information content (AvgIpc) is 3.07. The maximum absolute atomic E-state index is 13.3. The van der Waals surface area contributed by atoms with E-state index in [4.69, 9.17) is 0 Å². The van der Waals surface area contributed by atoms with E-state index in [0.29, 0.717) is 22.8 Å². The minimum absolute atomic E-state index is 0.0763. The third-order valence-electron chi connectivity index (χ3n) is 4.57. The molecule has 148 valence electrons. The van der Waals surface area contributed by atoms with E-state index < -0.39 is 0 Å². The van der Waals surface area contributed by atoms with Gasteiger partial charge in [-0.3, -0.25) is 14.5 Å². The number of aliphatic imine (C=N–C) groups is 1. The number of para-hydroxylation sites is 1. The maximum Gasteiger partial charge on any atom is 0.282 e. The third-order valence-corrected chi connectivity index (χ3v) is 4.57. The summed E-state index contributed by atoms with van der Waals surface area (Å²) in [5.41, 5.74) is 2.79. The quantitative estimate of drug-likeness (QED) is 0.648. The molecule has 1 aliphatic heterocycles. The predicted molar refractivity (Wildman–Crippen MR) is 117 cm³/mol. The highest BCUT2D eigenvalue weighted by molar-refractivity contribution is 6.33. The van der Waals surface area contributed by atoms with Gasteiger partial charge in [-0.25, -0.2) is 4.99 Å². The molecule has 2 amide bonds. The number of hydrogen-bond acceptors (Lipinski definition) is 4. The fourth-order valence-corrected chi connectivity index (χ4v) is 3.19. The number of nitrogens with zero attached hydrogens (tertiary/aromatic N) is 2. The monoisotopic (exact) mass is 397 g/mol. The normalized spacial score (nSPS) is 14.7. The zero-order valence-corrected chi connectivity index (χ0v) is 16.2. The van der Waals surface area contributed by atoms with Gasteiger partial charge in [-0.05, 0) is 36.4 Å². The second-order valence-electron chi connectivity index (χ2n) is 6.76. The molecule has 2 N–H and O–H groups in total. The minimum atomic E-state index is -0.301. The summed E-state index contributed by atoms with van der Waals surface area (Å²) in [6.45, 7) is 1.44. The topological polar surface area (TPSA) is 82.0 Å². The summed E-state index contributed by atoms with van der Waals surface area (Å²) in [5, 5.41) is 12.8. The van der Waals surface area contributed by atoms with Gasteiger partial charge in [0.1, 0.15) is 17.3 Å². The molecule has 0 bridgehead atoms. The molecular formula is C24H19N3O3. The number of phenolic OH excluding ortho intramolecular Hbond substituents is 1. The van der Waals surface area contributed by atoms with E-state index in [9.17, 15) is 14.7 Å². The molecule has 3 aromatic carbocycles. The highest BCUT2D eigenvalue weighted by Crippen LogP contribution is 2.30. The van der Waals surface area contributed by atoms with Crippen molar-refractivity contribution in [3.63, 3.8) is 0 Å². The predicted octanol–water partition coefficient (Wildman–Crippen LogP) is 4.19. The molecule has 6 nitrogen and oxygen atoms in total. The number of hydrogen-bond donors (Lipinski definition) is 2. The van der Waals surface area contributed by atoms with Crippen LogP contribution in [-0.4, -0.2) is 22.8 Å². The molecule has 30 heavy (non-hydrogen) atoms. The van der Waals surface area contributed by atoms with E-state index in [1.807, 2.05) is 30.3 Å². The van der Waals surface area contributed by atoms with Crippen molar-refractivity contribution >= 4 is 35.1 Å². The molecule has 0 saturated carbocycles. The van der Waals surface area contributed by atoms with Gasteiger partial charge in [0.2, 0.25) is 5.91 Å². The zero-order chi connectivity index (χ0) is 21.1. The van der Waals surface area contributed by atoms with Crippen LogP contribution in [0.3, 0.4) is 0 Å². The smallest absolute Gasteiger partial charge is 0.282 e. The summed E-state index contributed by atoms with van der Waals surface area (Å²) in [5.74, 6) is 0.103. The number of aromatic hydroxyl groups is 1. The van der Waals surface area contributed by atoms with Crippen molar-refractivity contribution in [2.75, 3.05) is 10.2 Å². The van der Waals surface area contributed by atoms with Crippen LogP contribution in [0.15, 0.2) is 89.6 Å². The molecular weight excluding hydrogens is 378 g/mol. The molecule has 0 fully saturated rings. The molecule has 0 aliphatic carbocycles. The largest absolute Gasteiger partial charge is 0.507 e. The molecule has 4 rings (SSSR count). The molecule has 1 aliphatic rings. The maximum atomic E-state index is 13.3. The Morgan fingerprint density at radius 1 is 0.967 bits per heavy atom. The van der Waals surface area contributed by atoms with Crippen LogP contribution in [0.2, 0.25) is 0 Å². The van der Waals surface area contributed by atoms with Crippen LogP contribution in [0.25, 0.3) is 6.08 Å². The number of phenols is 1. The molecule has 0 radical (unpaired) electrons. The Balaban J connectivity index is 1.77. The summed E-state index contributed by atoms with van der Waals surface area (Å²) in [6, 6.07) is 23.2. The van der Waals surface area contributed by atoms with Crippen molar-refractivity contribution in [1.29, 1.82) is 0 Å². The van der Waals surface area contributed by atoms with Crippen molar-refractivity contribution in [2.45, 2.75) is 6.92 Å². The van der Waals surface area contributed by atoms with Gasteiger partial charge in [0.15, 0.2) is 0 Å². The number of rotatable bonds is 4. The van der Waals surface area contributed by atoms with E-state index >= 15 is 0 Å². The minimum Gasteiger partial charge on any atom is -0.507 e. The Kier molecular flexibility index (Phi) is 5.13. The summed E-state index contributed by atoms with van der Waals surface area (Å²) in [6.07, 6.45) is 1.58. The Hall–Kier alpha value is -4.19. The summed E-state index contributed by atoms with van der Waals surface area (Å²) in [7, 11) is 0. The lowest BCUT2D eigenvalue weighted by molar-refractivity contribution is -0.114. The van der Waals surface area contributed by atoms with E-state index in [1.54, 1.807) is 54.6 Å². The molecule has 6 heteroatoms. The number of nitrogens with one attached hydrogen (secondary N) is 1. The highest BCUT2D eigenvalue weighted by Gasteiger charge is 2.32. The third kappa shape index (κ3) is 3.84.